The molecule has 3 aromatic carbocycles. The van der Waals surface area contributed by atoms with Gasteiger partial charge in [-0.05, 0) is 29.7 Å². The van der Waals surface area contributed by atoms with E-state index in [9.17, 15) is 9.59 Å². The van der Waals surface area contributed by atoms with Gasteiger partial charge >= 0.3 is 0 Å². The van der Waals surface area contributed by atoms with Crippen LogP contribution in [-0.2, 0) is 9.59 Å². The molecule has 0 spiro atoms. The molecule has 1 aliphatic rings. The first-order valence-corrected chi connectivity index (χ1v) is 11.5. The van der Waals surface area contributed by atoms with Gasteiger partial charge in [-0.15, -0.1) is 6.58 Å². The number of rotatable bonds is 6. The molecule has 0 radical (unpaired) electrons. The van der Waals surface area contributed by atoms with Crippen molar-refractivity contribution in [1.29, 1.82) is 0 Å². The number of halogens is 2. The Morgan fingerprint density at radius 3 is 2.75 bits per heavy atom. The second kappa shape index (κ2) is 9.77. The predicted molar refractivity (Wildman–Crippen MR) is 134 cm³/mol. The molecule has 0 bridgehead atoms. The van der Waals surface area contributed by atoms with Crippen LogP contribution in [0.1, 0.15) is 6.42 Å². The molecule has 1 fully saturated rings. The highest BCUT2D eigenvalue weighted by molar-refractivity contribution is 8.15. The highest BCUT2D eigenvalue weighted by Crippen LogP contribution is 2.34. The number of amidine groups is 1. The molecule has 1 N–H and O–H groups in total. The number of carbonyl (C=O) groups excluding carboxylic acids is 2. The molecular formula is C24H19Cl2N3O2S. The average molecular weight is 484 g/mol. The molecule has 162 valence electrons. The van der Waals surface area contributed by atoms with Crippen molar-refractivity contribution >= 4 is 74.1 Å². The summed E-state index contributed by atoms with van der Waals surface area (Å²) in [7, 11) is 0. The van der Waals surface area contributed by atoms with Crippen molar-refractivity contribution in [3.05, 3.63) is 83.4 Å². The van der Waals surface area contributed by atoms with E-state index in [0.29, 0.717) is 27.4 Å². The number of amides is 2. The first kappa shape index (κ1) is 22.4. The van der Waals surface area contributed by atoms with Crippen molar-refractivity contribution in [3.63, 3.8) is 0 Å². The van der Waals surface area contributed by atoms with Crippen molar-refractivity contribution < 1.29 is 9.59 Å². The normalized spacial score (nSPS) is 17.2. The Labute approximate surface area is 200 Å². The third kappa shape index (κ3) is 4.83. The Kier molecular flexibility index (Phi) is 6.84. The number of hydrogen-bond donors (Lipinski definition) is 1. The number of aliphatic imine (C=N–C) groups is 1. The van der Waals surface area contributed by atoms with Crippen molar-refractivity contribution in [2.75, 3.05) is 11.9 Å². The summed E-state index contributed by atoms with van der Waals surface area (Å²) in [5.74, 6) is -0.508. The van der Waals surface area contributed by atoms with Gasteiger partial charge in [-0.2, -0.15) is 0 Å². The number of nitrogens with zero attached hydrogens (tertiary/aromatic N) is 2. The standard InChI is InChI=1S/C24H19Cl2N3O2S/c1-2-12-29-23(31)21(14-22(30)27-20-13-16(25)10-11-18(20)26)32-24(29)28-19-9-5-7-15-6-3-4-8-17(15)19/h2-11,13,21H,1,12,14H2,(H,27,30)/t21-/m1/s1. The summed E-state index contributed by atoms with van der Waals surface area (Å²) in [4.78, 5) is 32.0. The van der Waals surface area contributed by atoms with Gasteiger partial charge in [0.05, 0.1) is 16.4 Å². The Balaban J connectivity index is 1.57. The minimum absolute atomic E-state index is 0.0193. The maximum atomic E-state index is 13.0. The lowest BCUT2D eigenvalue weighted by Gasteiger charge is -2.14. The van der Waals surface area contributed by atoms with Crippen LogP contribution in [0.4, 0.5) is 11.4 Å². The van der Waals surface area contributed by atoms with E-state index in [1.807, 2.05) is 42.5 Å². The summed E-state index contributed by atoms with van der Waals surface area (Å²) in [5.41, 5.74) is 1.18. The number of thioether (sulfide) groups is 1. The zero-order valence-electron chi connectivity index (χ0n) is 16.9. The molecule has 3 aromatic rings. The molecular weight excluding hydrogens is 465 g/mol. The minimum atomic E-state index is -0.596. The second-order valence-corrected chi connectivity index (χ2v) is 9.13. The SMILES string of the molecule is C=CCN1C(=O)[C@@H](CC(=O)Nc2cc(Cl)ccc2Cl)SC1=Nc1cccc2ccccc12. The Bertz CT molecular complexity index is 1240. The quantitative estimate of drug-likeness (QED) is 0.418. The summed E-state index contributed by atoms with van der Waals surface area (Å²) in [6.45, 7) is 4.06. The van der Waals surface area contributed by atoms with Gasteiger partial charge in [0, 0.05) is 23.4 Å². The molecule has 5 nitrogen and oxygen atoms in total. The third-order valence-corrected chi connectivity index (χ3v) is 6.63. The van der Waals surface area contributed by atoms with Gasteiger partial charge in [0.1, 0.15) is 5.25 Å². The highest BCUT2D eigenvalue weighted by Gasteiger charge is 2.38. The van der Waals surface area contributed by atoms with Crippen molar-refractivity contribution in [2.24, 2.45) is 4.99 Å². The van der Waals surface area contributed by atoms with Crippen LogP contribution in [0.25, 0.3) is 10.8 Å². The maximum Gasteiger partial charge on any atom is 0.242 e. The summed E-state index contributed by atoms with van der Waals surface area (Å²) in [5, 5.41) is 5.57. The highest BCUT2D eigenvalue weighted by atomic mass is 35.5. The molecule has 1 saturated heterocycles. The van der Waals surface area contributed by atoms with E-state index >= 15 is 0 Å². The van der Waals surface area contributed by atoms with Crippen LogP contribution in [0.2, 0.25) is 10.0 Å². The van der Waals surface area contributed by atoms with Crippen LogP contribution >= 0.6 is 35.0 Å². The average Bonchev–Trinajstić information content (AvgIpc) is 3.05. The van der Waals surface area contributed by atoms with Gasteiger partial charge in [0.15, 0.2) is 5.17 Å². The smallest absolute Gasteiger partial charge is 0.242 e. The van der Waals surface area contributed by atoms with Gasteiger partial charge < -0.3 is 5.32 Å². The lowest BCUT2D eigenvalue weighted by Crippen LogP contribution is -2.33. The van der Waals surface area contributed by atoms with Gasteiger partial charge in [0.25, 0.3) is 0 Å². The number of benzene rings is 3. The van der Waals surface area contributed by atoms with Crippen LogP contribution in [0.5, 0.6) is 0 Å². The van der Waals surface area contributed by atoms with Gasteiger partial charge in [-0.1, -0.05) is 77.4 Å². The summed E-state index contributed by atoms with van der Waals surface area (Å²) < 4.78 is 0. The maximum absolute atomic E-state index is 13.0. The molecule has 0 saturated carbocycles. The fourth-order valence-electron chi connectivity index (χ4n) is 3.39. The van der Waals surface area contributed by atoms with E-state index in [-0.39, 0.29) is 18.2 Å². The third-order valence-electron chi connectivity index (χ3n) is 4.89. The van der Waals surface area contributed by atoms with Crippen LogP contribution in [0, 0.1) is 0 Å². The van der Waals surface area contributed by atoms with E-state index in [1.54, 1.807) is 29.2 Å². The number of nitrogens with one attached hydrogen (secondary N) is 1. The van der Waals surface area contributed by atoms with Crippen molar-refractivity contribution in [2.45, 2.75) is 11.7 Å². The Hall–Kier alpha value is -2.80. The molecule has 0 aromatic heterocycles. The van der Waals surface area contributed by atoms with Crippen LogP contribution in [0.3, 0.4) is 0 Å². The molecule has 0 aliphatic carbocycles. The van der Waals surface area contributed by atoms with Crippen LogP contribution in [-0.4, -0.2) is 33.7 Å². The predicted octanol–water partition coefficient (Wildman–Crippen LogP) is 6.29. The summed E-state index contributed by atoms with van der Waals surface area (Å²) in [6, 6.07) is 18.6. The molecule has 0 unspecified atom stereocenters. The van der Waals surface area contributed by atoms with Gasteiger partial charge in [0.2, 0.25) is 11.8 Å². The Morgan fingerprint density at radius 1 is 1.16 bits per heavy atom. The molecule has 8 heteroatoms. The molecule has 1 heterocycles. The van der Waals surface area contributed by atoms with E-state index in [1.165, 1.54) is 11.8 Å². The second-order valence-electron chi connectivity index (χ2n) is 7.11. The molecule has 2 amide bonds. The van der Waals surface area contributed by atoms with E-state index in [0.717, 1.165) is 16.5 Å². The topological polar surface area (TPSA) is 61.8 Å². The van der Waals surface area contributed by atoms with Gasteiger partial charge in [-0.3, -0.25) is 14.5 Å². The Morgan fingerprint density at radius 2 is 1.94 bits per heavy atom. The lowest BCUT2D eigenvalue weighted by atomic mass is 10.1. The molecule has 1 aliphatic heterocycles. The van der Waals surface area contributed by atoms with E-state index in [4.69, 9.17) is 28.2 Å². The number of carbonyl (C=O) groups is 2. The summed E-state index contributed by atoms with van der Waals surface area (Å²) in [6.07, 6.45) is 1.62. The molecule has 1 atom stereocenters. The molecule has 32 heavy (non-hydrogen) atoms. The number of hydrogen-bond acceptors (Lipinski definition) is 4. The first-order chi connectivity index (χ1) is 15.5. The lowest BCUT2D eigenvalue weighted by molar-refractivity contribution is -0.127. The number of anilines is 1. The van der Waals surface area contributed by atoms with Crippen LogP contribution < -0.4 is 5.32 Å². The monoisotopic (exact) mass is 483 g/mol. The van der Waals surface area contributed by atoms with Crippen molar-refractivity contribution in [1.82, 2.24) is 4.90 Å². The van der Waals surface area contributed by atoms with E-state index in [2.05, 4.69) is 11.9 Å². The first-order valence-electron chi connectivity index (χ1n) is 9.86. The summed E-state index contributed by atoms with van der Waals surface area (Å²) >= 11 is 13.4. The minimum Gasteiger partial charge on any atom is -0.325 e. The fraction of sp³-hybridized carbons (Fsp3) is 0.125. The number of fused-ring (bicyclic) bond motifs is 1. The van der Waals surface area contributed by atoms with Crippen molar-refractivity contribution in [3.8, 4) is 0 Å². The zero-order valence-corrected chi connectivity index (χ0v) is 19.3. The van der Waals surface area contributed by atoms with E-state index < -0.39 is 5.25 Å². The zero-order chi connectivity index (χ0) is 22.7. The van der Waals surface area contributed by atoms with Crippen LogP contribution in [0.15, 0.2) is 78.3 Å². The largest absolute Gasteiger partial charge is 0.325 e. The fourth-order valence-corrected chi connectivity index (χ4v) is 4.89. The molecule has 4 rings (SSSR count). The van der Waals surface area contributed by atoms with Gasteiger partial charge in [-0.25, -0.2) is 4.99 Å².